The number of hydrogen-bond acceptors (Lipinski definition) is 4. The largest absolute Gasteiger partial charge is 0.480 e. The van der Waals surface area contributed by atoms with Crippen LogP contribution in [0.3, 0.4) is 0 Å². The lowest BCUT2D eigenvalue weighted by atomic mass is 10.0. The number of aromatic nitrogens is 2. The van der Waals surface area contributed by atoms with E-state index in [-0.39, 0.29) is 12.0 Å². The molecule has 0 aliphatic heterocycles. The van der Waals surface area contributed by atoms with Crippen LogP contribution in [0.25, 0.3) is 0 Å². The number of ether oxygens (including phenoxy) is 1. The molecule has 1 atom stereocenters. The van der Waals surface area contributed by atoms with Gasteiger partial charge in [0, 0.05) is 6.07 Å². The van der Waals surface area contributed by atoms with E-state index in [0.717, 1.165) is 18.2 Å². The molecule has 2 rings (SSSR count). The Kier molecular flexibility index (Phi) is 4.01. The second-order valence-corrected chi connectivity index (χ2v) is 4.05. The number of nitrogens with zero attached hydrogens (tertiary/aromatic N) is 2. The van der Waals surface area contributed by atoms with Gasteiger partial charge >= 0.3 is 0 Å². The zero-order chi connectivity index (χ0) is 13.8. The summed E-state index contributed by atoms with van der Waals surface area (Å²) in [6.07, 6.45) is 0.143. The second kappa shape index (κ2) is 5.71. The molecule has 0 bridgehead atoms. The van der Waals surface area contributed by atoms with Crippen LogP contribution >= 0.6 is 0 Å². The van der Waals surface area contributed by atoms with Crippen molar-refractivity contribution in [3.05, 3.63) is 53.2 Å². The molecule has 100 valence electrons. The summed E-state index contributed by atoms with van der Waals surface area (Å²) in [4.78, 5) is 0. The highest BCUT2D eigenvalue weighted by atomic mass is 19.1. The molecule has 0 amide bonds. The molecule has 0 saturated carbocycles. The highest BCUT2D eigenvalue weighted by molar-refractivity contribution is 5.22. The number of hydrogen-bond donors (Lipinski definition) is 1. The first-order valence-electron chi connectivity index (χ1n) is 5.67. The smallest absolute Gasteiger partial charge is 0.233 e. The van der Waals surface area contributed by atoms with E-state index in [1.807, 2.05) is 0 Å². The number of methoxy groups -OCH3 is 1. The van der Waals surface area contributed by atoms with Crippen LogP contribution in [0.15, 0.2) is 30.3 Å². The number of benzene rings is 1. The van der Waals surface area contributed by atoms with E-state index in [4.69, 9.17) is 10.5 Å². The lowest BCUT2D eigenvalue weighted by molar-refractivity contribution is 0.390. The SMILES string of the molecule is COc1ccc(C(N)Cc2cc(F)ccc2F)nn1. The molecule has 2 aromatic rings. The van der Waals surface area contributed by atoms with Crippen LogP contribution in [0, 0.1) is 11.6 Å². The summed E-state index contributed by atoms with van der Waals surface area (Å²) >= 11 is 0. The zero-order valence-corrected chi connectivity index (χ0v) is 10.3. The third-order valence-corrected chi connectivity index (χ3v) is 2.70. The molecule has 0 fully saturated rings. The Bertz CT molecular complexity index is 560. The van der Waals surface area contributed by atoms with Crippen LogP contribution in [0.4, 0.5) is 8.78 Å². The summed E-state index contributed by atoms with van der Waals surface area (Å²) < 4.78 is 31.4. The van der Waals surface area contributed by atoms with E-state index in [1.54, 1.807) is 12.1 Å². The van der Waals surface area contributed by atoms with Gasteiger partial charge in [-0.05, 0) is 36.2 Å². The van der Waals surface area contributed by atoms with Crippen molar-refractivity contribution in [3.63, 3.8) is 0 Å². The van der Waals surface area contributed by atoms with Gasteiger partial charge in [0.15, 0.2) is 0 Å². The molecule has 1 aromatic heterocycles. The standard InChI is InChI=1S/C13H13F2N3O/c1-19-13-5-4-12(17-18-13)11(16)7-8-6-9(14)2-3-10(8)15/h2-6,11H,7,16H2,1H3. The highest BCUT2D eigenvalue weighted by Crippen LogP contribution is 2.18. The van der Waals surface area contributed by atoms with Gasteiger partial charge in [0.25, 0.3) is 0 Å². The van der Waals surface area contributed by atoms with Gasteiger partial charge in [-0.25, -0.2) is 8.78 Å². The predicted octanol–water partition coefficient (Wildman–Crippen LogP) is 2.01. The predicted molar refractivity (Wildman–Crippen MR) is 65.6 cm³/mol. The fourth-order valence-electron chi connectivity index (χ4n) is 1.68. The number of nitrogens with two attached hydrogens (primary N) is 1. The lowest BCUT2D eigenvalue weighted by Crippen LogP contribution is -2.16. The van der Waals surface area contributed by atoms with Crippen LogP contribution in [0.1, 0.15) is 17.3 Å². The molecule has 0 saturated heterocycles. The van der Waals surface area contributed by atoms with Crippen molar-refractivity contribution in [1.82, 2.24) is 10.2 Å². The Morgan fingerprint density at radius 2 is 2.00 bits per heavy atom. The third-order valence-electron chi connectivity index (χ3n) is 2.70. The number of rotatable bonds is 4. The minimum atomic E-state index is -0.560. The maximum Gasteiger partial charge on any atom is 0.233 e. The monoisotopic (exact) mass is 265 g/mol. The van der Waals surface area contributed by atoms with Gasteiger partial charge in [-0.3, -0.25) is 0 Å². The van der Waals surface area contributed by atoms with Crippen molar-refractivity contribution in [2.45, 2.75) is 12.5 Å². The van der Waals surface area contributed by atoms with E-state index in [1.165, 1.54) is 7.11 Å². The summed E-state index contributed by atoms with van der Waals surface area (Å²) in [6, 6.07) is 5.98. The molecule has 0 aliphatic rings. The van der Waals surface area contributed by atoms with Crippen LogP contribution in [0.5, 0.6) is 5.88 Å². The topological polar surface area (TPSA) is 61.0 Å². The summed E-state index contributed by atoms with van der Waals surface area (Å²) in [5.41, 5.74) is 6.61. The summed E-state index contributed by atoms with van der Waals surface area (Å²) in [6.45, 7) is 0. The molecular weight excluding hydrogens is 252 g/mol. The van der Waals surface area contributed by atoms with E-state index in [9.17, 15) is 8.78 Å². The van der Waals surface area contributed by atoms with Crippen LogP contribution < -0.4 is 10.5 Å². The quantitative estimate of drug-likeness (QED) is 0.918. The molecule has 4 nitrogen and oxygen atoms in total. The molecular formula is C13H13F2N3O. The molecule has 1 heterocycles. The van der Waals surface area contributed by atoms with Crippen LogP contribution in [-0.2, 0) is 6.42 Å². The normalized spacial score (nSPS) is 12.2. The Morgan fingerprint density at radius 3 is 2.63 bits per heavy atom. The molecule has 2 N–H and O–H groups in total. The van der Waals surface area contributed by atoms with E-state index in [2.05, 4.69) is 10.2 Å². The average Bonchev–Trinajstić information content (AvgIpc) is 2.43. The molecule has 1 unspecified atom stereocenters. The Labute approximate surface area is 109 Å². The minimum Gasteiger partial charge on any atom is -0.480 e. The van der Waals surface area contributed by atoms with E-state index in [0.29, 0.717) is 11.6 Å². The Hall–Kier alpha value is -2.08. The first kappa shape index (κ1) is 13.4. The maximum absolute atomic E-state index is 13.5. The maximum atomic E-state index is 13.5. The zero-order valence-electron chi connectivity index (χ0n) is 10.3. The molecule has 0 radical (unpaired) electrons. The fraction of sp³-hybridized carbons (Fsp3) is 0.231. The molecule has 0 spiro atoms. The molecule has 1 aromatic carbocycles. The van der Waals surface area contributed by atoms with Crippen molar-refractivity contribution in [1.29, 1.82) is 0 Å². The van der Waals surface area contributed by atoms with Gasteiger partial charge < -0.3 is 10.5 Å². The van der Waals surface area contributed by atoms with Gasteiger partial charge in [0.1, 0.15) is 11.6 Å². The van der Waals surface area contributed by atoms with Crippen molar-refractivity contribution < 1.29 is 13.5 Å². The molecule has 6 heteroatoms. The van der Waals surface area contributed by atoms with Gasteiger partial charge in [-0.15, -0.1) is 5.10 Å². The van der Waals surface area contributed by atoms with Gasteiger partial charge in [-0.2, -0.15) is 5.10 Å². The first-order valence-corrected chi connectivity index (χ1v) is 5.67. The fourth-order valence-corrected chi connectivity index (χ4v) is 1.68. The van der Waals surface area contributed by atoms with Crippen molar-refractivity contribution >= 4 is 0 Å². The van der Waals surface area contributed by atoms with Crippen molar-refractivity contribution in [2.24, 2.45) is 5.73 Å². The summed E-state index contributed by atoms with van der Waals surface area (Å²) in [5, 5.41) is 7.66. The average molecular weight is 265 g/mol. The molecule has 19 heavy (non-hydrogen) atoms. The van der Waals surface area contributed by atoms with Gasteiger partial charge in [-0.1, -0.05) is 0 Å². The summed E-state index contributed by atoms with van der Waals surface area (Å²) in [7, 11) is 1.48. The number of halogens is 2. The highest BCUT2D eigenvalue weighted by Gasteiger charge is 2.13. The van der Waals surface area contributed by atoms with E-state index >= 15 is 0 Å². The van der Waals surface area contributed by atoms with Gasteiger partial charge in [0.05, 0.1) is 18.8 Å². The van der Waals surface area contributed by atoms with Gasteiger partial charge in [0.2, 0.25) is 5.88 Å². The van der Waals surface area contributed by atoms with Crippen LogP contribution in [-0.4, -0.2) is 17.3 Å². The molecule has 0 aliphatic carbocycles. The minimum absolute atomic E-state index is 0.143. The second-order valence-electron chi connectivity index (χ2n) is 4.05. The Balaban J connectivity index is 2.15. The van der Waals surface area contributed by atoms with Crippen molar-refractivity contribution in [2.75, 3.05) is 7.11 Å². The van der Waals surface area contributed by atoms with Crippen molar-refractivity contribution in [3.8, 4) is 5.88 Å². The van der Waals surface area contributed by atoms with Crippen LogP contribution in [0.2, 0.25) is 0 Å². The van der Waals surface area contributed by atoms with E-state index < -0.39 is 17.7 Å². The Morgan fingerprint density at radius 1 is 1.21 bits per heavy atom. The summed E-state index contributed by atoms with van der Waals surface area (Å²) in [5.74, 6) is -0.615. The first-order chi connectivity index (χ1) is 9.10. The third kappa shape index (κ3) is 3.23. The lowest BCUT2D eigenvalue weighted by Gasteiger charge is -2.11.